The zero-order valence-corrected chi connectivity index (χ0v) is 17.5. The number of aromatic nitrogens is 1. The van der Waals surface area contributed by atoms with Crippen LogP contribution in [0.15, 0.2) is 48.7 Å². The first-order valence-electron chi connectivity index (χ1n) is 9.30. The third-order valence-electron chi connectivity index (χ3n) is 5.85. The van der Waals surface area contributed by atoms with Crippen molar-refractivity contribution in [3.63, 3.8) is 0 Å². The van der Waals surface area contributed by atoms with Crippen molar-refractivity contribution < 1.29 is 9.90 Å². The summed E-state index contributed by atoms with van der Waals surface area (Å²) in [5.74, 6) is -0.0695. The fourth-order valence-electron chi connectivity index (χ4n) is 4.20. The minimum atomic E-state index is -0.0695. The number of aliphatic hydroxyl groups excluding tert-OH is 1. The molecule has 27 heavy (non-hydrogen) atoms. The van der Waals surface area contributed by atoms with Crippen LogP contribution in [-0.2, 0) is 5.41 Å². The number of fused-ring (bicyclic) bond motifs is 1. The molecule has 0 aliphatic heterocycles. The number of H-pyrrole nitrogens is 1. The first-order chi connectivity index (χ1) is 13.1. The molecule has 1 amide bonds. The average molecular weight is 474 g/mol. The Morgan fingerprint density at radius 2 is 1.96 bits per heavy atom. The van der Waals surface area contributed by atoms with Gasteiger partial charge in [-0.3, -0.25) is 4.79 Å². The predicted molar refractivity (Wildman–Crippen MR) is 116 cm³/mol. The molecule has 0 atom stereocenters. The van der Waals surface area contributed by atoms with Crippen molar-refractivity contribution in [1.82, 2.24) is 9.88 Å². The summed E-state index contributed by atoms with van der Waals surface area (Å²) in [5, 5.41) is 10.3. The van der Waals surface area contributed by atoms with Crippen molar-refractivity contribution in [2.24, 2.45) is 0 Å². The molecule has 1 aliphatic rings. The van der Waals surface area contributed by atoms with E-state index in [2.05, 4.69) is 64.1 Å². The van der Waals surface area contributed by atoms with Crippen LogP contribution in [0.4, 0.5) is 0 Å². The van der Waals surface area contributed by atoms with E-state index in [1.54, 1.807) is 11.9 Å². The maximum absolute atomic E-state index is 12.8. The van der Waals surface area contributed by atoms with E-state index in [4.69, 9.17) is 5.11 Å². The quantitative estimate of drug-likeness (QED) is 0.542. The van der Waals surface area contributed by atoms with Gasteiger partial charge in [-0.1, -0.05) is 30.7 Å². The molecule has 0 unspecified atom stereocenters. The molecule has 4 nitrogen and oxygen atoms in total. The molecule has 1 aliphatic carbocycles. The number of halogens is 1. The Balaban J connectivity index is 1.81. The van der Waals surface area contributed by atoms with Gasteiger partial charge >= 0.3 is 0 Å². The first-order valence-corrected chi connectivity index (χ1v) is 10.4. The molecule has 0 spiro atoms. The van der Waals surface area contributed by atoms with E-state index in [1.807, 2.05) is 12.1 Å². The summed E-state index contributed by atoms with van der Waals surface area (Å²) in [6.07, 6.45) is 5.56. The second-order valence-electron chi connectivity index (χ2n) is 7.32. The molecule has 5 heteroatoms. The van der Waals surface area contributed by atoms with Gasteiger partial charge < -0.3 is 15.0 Å². The molecule has 0 saturated heterocycles. The van der Waals surface area contributed by atoms with E-state index in [0.29, 0.717) is 12.1 Å². The molecule has 4 rings (SSSR count). The SMILES string of the molecule is CN(CCO)C(=O)c1cccc2c(C3(c4ccc(I)cc4)CCC3)c[nH]c12. The van der Waals surface area contributed by atoms with E-state index < -0.39 is 0 Å². The molecule has 1 fully saturated rings. The van der Waals surface area contributed by atoms with Crippen LogP contribution in [0, 0.1) is 3.57 Å². The molecule has 1 saturated carbocycles. The molecule has 140 valence electrons. The van der Waals surface area contributed by atoms with Crippen LogP contribution in [0.1, 0.15) is 40.7 Å². The topological polar surface area (TPSA) is 56.3 Å². The summed E-state index contributed by atoms with van der Waals surface area (Å²) in [4.78, 5) is 17.7. The molecule has 1 heterocycles. The summed E-state index contributed by atoms with van der Waals surface area (Å²) in [5.41, 5.74) is 4.21. The maximum Gasteiger partial charge on any atom is 0.255 e. The first kappa shape index (κ1) is 18.5. The van der Waals surface area contributed by atoms with Gasteiger partial charge in [0.15, 0.2) is 0 Å². The molecular weight excluding hydrogens is 451 g/mol. The molecule has 0 bridgehead atoms. The number of para-hydroxylation sites is 1. The third-order valence-corrected chi connectivity index (χ3v) is 6.57. The van der Waals surface area contributed by atoms with E-state index in [-0.39, 0.29) is 17.9 Å². The Hall–Kier alpha value is -1.86. The van der Waals surface area contributed by atoms with Crippen molar-refractivity contribution in [3.05, 3.63) is 68.9 Å². The van der Waals surface area contributed by atoms with Crippen molar-refractivity contribution in [2.45, 2.75) is 24.7 Å². The summed E-state index contributed by atoms with van der Waals surface area (Å²) < 4.78 is 1.24. The van der Waals surface area contributed by atoms with Gasteiger partial charge in [0.05, 0.1) is 17.7 Å². The number of amides is 1. The normalized spacial score (nSPS) is 15.5. The highest BCUT2D eigenvalue weighted by molar-refractivity contribution is 14.1. The lowest BCUT2D eigenvalue weighted by Crippen LogP contribution is -2.35. The predicted octanol–water partition coefficient (Wildman–Crippen LogP) is 4.31. The molecule has 3 aromatic rings. The number of nitrogens with one attached hydrogen (secondary N) is 1. The summed E-state index contributed by atoms with van der Waals surface area (Å²) in [6, 6.07) is 14.7. The molecule has 2 N–H and O–H groups in total. The molecule has 1 aromatic heterocycles. The lowest BCUT2D eigenvalue weighted by atomic mass is 9.60. The fourth-order valence-corrected chi connectivity index (χ4v) is 4.56. The molecule has 2 aromatic carbocycles. The number of rotatable bonds is 5. The molecule has 0 radical (unpaired) electrons. The van der Waals surface area contributed by atoms with Crippen LogP contribution in [-0.4, -0.2) is 41.1 Å². The van der Waals surface area contributed by atoms with Gasteiger partial charge in [0.2, 0.25) is 0 Å². The van der Waals surface area contributed by atoms with Crippen LogP contribution >= 0.6 is 22.6 Å². The Kier molecular flexibility index (Phi) is 4.99. The Morgan fingerprint density at radius 1 is 1.22 bits per heavy atom. The minimum absolute atomic E-state index is 0.0290. The number of aliphatic hydroxyl groups is 1. The number of carbonyl (C=O) groups is 1. The highest BCUT2D eigenvalue weighted by atomic mass is 127. The highest BCUT2D eigenvalue weighted by Gasteiger charge is 2.42. The van der Waals surface area contributed by atoms with Crippen molar-refractivity contribution in [3.8, 4) is 0 Å². The van der Waals surface area contributed by atoms with Crippen molar-refractivity contribution in [1.29, 1.82) is 0 Å². The third kappa shape index (κ3) is 3.06. The van der Waals surface area contributed by atoms with Gasteiger partial charge in [0, 0.05) is 34.2 Å². The van der Waals surface area contributed by atoms with Gasteiger partial charge in [-0.15, -0.1) is 0 Å². The average Bonchev–Trinajstić information content (AvgIpc) is 3.06. The van der Waals surface area contributed by atoms with Gasteiger partial charge in [0.1, 0.15) is 0 Å². The van der Waals surface area contributed by atoms with Crippen molar-refractivity contribution >= 4 is 39.4 Å². The van der Waals surface area contributed by atoms with E-state index >= 15 is 0 Å². The highest BCUT2D eigenvalue weighted by Crippen LogP contribution is 2.51. The van der Waals surface area contributed by atoms with Crippen LogP contribution in [0.5, 0.6) is 0 Å². The number of hydrogen-bond acceptors (Lipinski definition) is 2. The monoisotopic (exact) mass is 474 g/mol. The lowest BCUT2D eigenvalue weighted by molar-refractivity contribution is 0.0768. The fraction of sp³-hybridized carbons (Fsp3) is 0.318. The van der Waals surface area contributed by atoms with Gasteiger partial charge in [0.25, 0.3) is 5.91 Å². The largest absolute Gasteiger partial charge is 0.395 e. The Bertz CT molecular complexity index is 974. The van der Waals surface area contributed by atoms with Crippen LogP contribution in [0.3, 0.4) is 0 Å². The van der Waals surface area contributed by atoms with E-state index in [1.165, 1.54) is 21.1 Å². The second kappa shape index (κ2) is 7.28. The van der Waals surface area contributed by atoms with E-state index in [9.17, 15) is 4.79 Å². The Labute approximate surface area is 172 Å². The van der Waals surface area contributed by atoms with Gasteiger partial charge in [-0.25, -0.2) is 0 Å². The van der Waals surface area contributed by atoms with Gasteiger partial charge in [-0.05, 0) is 64.8 Å². The number of carbonyl (C=O) groups excluding carboxylic acids is 1. The van der Waals surface area contributed by atoms with Crippen molar-refractivity contribution in [2.75, 3.05) is 20.2 Å². The Morgan fingerprint density at radius 3 is 2.59 bits per heavy atom. The summed E-state index contributed by atoms with van der Waals surface area (Å²) in [6.45, 7) is 0.291. The smallest absolute Gasteiger partial charge is 0.255 e. The zero-order chi connectivity index (χ0) is 19.0. The maximum atomic E-state index is 12.8. The van der Waals surface area contributed by atoms with Crippen LogP contribution < -0.4 is 0 Å². The number of likely N-dealkylation sites (N-methyl/N-ethyl adjacent to an activating group) is 1. The lowest BCUT2D eigenvalue weighted by Gasteiger charge is -2.42. The molecular formula is C22H23IN2O2. The second-order valence-corrected chi connectivity index (χ2v) is 8.57. The number of aromatic amines is 1. The number of hydrogen-bond donors (Lipinski definition) is 2. The van der Waals surface area contributed by atoms with E-state index in [0.717, 1.165) is 23.7 Å². The summed E-state index contributed by atoms with van der Waals surface area (Å²) in [7, 11) is 1.72. The van der Waals surface area contributed by atoms with Crippen LogP contribution in [0.2, 0.25) is 0 Å². The van der Waals surface area contributed by atoms with Gasteiger partial charge in [-0.2, -0.15) is 0 Å². The zero-order valence-electron chi connectivity index (χ0n) is 15.3. The summed E-state index contributed by atoms with van der Waals surface area (Å²) >= 11 is 2.34. The number of nitrogens with zero attached hydrogens (tertiary/aromatic N) is 1. The number of benzene rings is 2. The minimum Gasteiger partial charge on any atom is -0.395 e. The van der Waals surface area contributed by atoms with Crippen LogP contribution in [0.25, 0.3) is 10.9 Å². The standard InChI is InChI=1S/C22H23IN2O2/c1-25(12-13-26)21(27)18-5-2-4-17-19(14-24-20(17)18)22(10-3-11-22)15-6-8-16(23)9-7-15/h2,4-9,14,24,26H,3,10-13H2,1H3.